The molecule has 0 rings (SSSR count). The van der Waals surface area contributed by atoms with Gasteiger partial charge in [0.25, 0.3) is 0 Å². The molecule has 5 heavy (non-hydrogen) atoms. The molecule has 3 N–H and O–H groups in total. The molecule has 0 aliphatic rings. The van der Waals surface area contributed by atoms with Crippen molar-refractivity contribution in [2.75, 3.05) is 6.61 Å². The summed E-state index contributed by atoms with van der Waals surface area (Å²) in [7, 11) is 0. The zero-order valence-corrected chi connectivity index (χ0v) is 3.02. The van der Waals surface area contributed by atoms with Crippen LogP contribution in [0.2, 0.25) is 0 Å². The van der Waals surface area contributed by atoms with Crippen molar-refractivity contribution in [3.05, 3.63) is 6.92 Å². The minimum atomic E-state index is -0.310. The summed E-state index contributed by atoms with van der Waals surface area (Å²) < 4.78 is 0. The fourth-order valence-electron chi connectivity index (χ4n) is 0. The van der Waals surface area contributed by atoms with Gasteiger partial charge in [-0.1, -0.05) is 0 Å². The fourth-order valence-corrected chi connectivity index (χ4v) is 0. The van der Waals surface area contributed by atoms with Crippen molar-refractivity contribution in [1.82, 2.24) is 0 Å². The highest BCUT2D eigenvalue weighted by Crippen LogP contribution is 1.61. The third-order valence-electron chi connectivity index (χ3n) is 0.235. The van der Waals surface area contributed by atoms with Crippen molar-refractivity contribution in [2.24, 2.45) is 5.73 Å². The summed E-state index contributed by atoms with van der Waals surface area (Å²) in [5.41, 5.74) is 4.93. The molecule has 0 aliphatic heterocycles. The molecule has 2 heteroatoms. The van der Waals surface area contributed by atoms with Crippen molar-refractivity contribution in [3.8, 4) is 0 Å². The monoisotopic (exact) mass is 74.1 g/mol. The van der Waals surface area contributed by atoms with Crippen LogP contribution in [0.3, 0.4) is 0 Å². The minimum Gasteiger partial charge on any atom is -0.395 e. The first-order chi connectivity index (χ1) is 2.27. The quantitative estimate of drug-likeness (QED) is 0.425. The molecule has 0 amide bonds. The predicted octanol–water partition coefficient (Wildman–Crippen LogP) is -0.860. The number of nitrogens with two attached hydrogens (primary N) is 1. The molecule has 0 aromatic carbocycles. The van der Waals surface area contributed by atoms with Gasteiger partial charge in [-0.3, -0.25) is 0 Å². The first-order valence-corrected chi connectivity index (χ1v) is 1.47. The van der Waals surface area contributed by atoms with E-state index in [1.807, 2.05) is 0 Å². The zero-order valence-electron chi connectivity index (χ0n) is 3.02. The fraction of sp³-hybridized carbons (Fsp3) is 0.667. The molecule has 0 aromatic heterocycles. The molecule has 0 aliphatic carbocycles. The molecule has 0 bridgehead atoms. The summed E-state index contributed by atoms with van der Waals surface area (Å²) in [5, 5.41) is 7.96. The molecular weight excluding hydrogens is 66.0 g/mol. The maximum atomic E-state index is 7.96. The van der Waals surface area contributed by atoms with Crippen LogP contribution in [0, 0.1) is 6.92 Å². The Morgan fingerprint density at radius 2 is 2.20 bits per heavy atom. The minimum absolute atomic E-state index is 0.0278. The lowest BCUT2D eigenvalue weighted by Gasteiger charge is -1.91. The first kappa shape index (κ1) is 4.92. The Kier molecular flexibility index (Phi) is 2.14. The summed E-state index contributed by atoms with van der Waals surface area (Å²) in [6.45, 7) is 3.26. The molecule has 1 radical (unpaired) electrons. The molecule has 0 unspecified atom stereocenters. The molecule has 0 saturated carbocycles. The lowest BCUT2D eigenvalue weighted by molar-refractivity contribution is 0.283. The second-order valence-corrected chi connectivity index (χ2v) is 0.943. The second kappa shape index (κ2) is 2.18. The maximum absolute atomic E-state index is 7.96. The van der Waals surface area contributed by atoms with E-state index in [1.165, 1.54) is 0 Å². The third-order valence-corrected chi connectivity index (χ3v) is 0.235. The Labute approximate surface area is 31.6 Å². The van der Waals surface area contributed by atoms with Crippen molar-refractivity contribution in [1.29, 1.82) is 0 Å². The number of aliphatic hydroxyl groups is 1. The van der Waals surface area contributed by atoms with Crippen molar-refractivity contribution in [2.45, 2.75) is 6.04 Å². The molecule has 2 nitrogen and oxygen atoms in total. The third kappa shape index (κ3) is 3.92. The summed E-state index contributed by atoms with van der Waals surface area (Å²) in [6, 6.07) is -0.310. The van der Waals surface area contributed by atoms with Crippen LogP contribution in [-0.4, -0.2) is 17.8 Å². The van der Waals surface area contributed by atoms with Gasteiger partial charge in [0, 0.05) is 6.04 Å². The SMILES string of the molecule is [CH2][C@@H](N)CO. The van der Waals surface area contributed by atoms with Crippen LogP contribution in [0.5, 0.6) is 0 Å². The molecule has 0 fully saturated rings. The average molecular weight is 74.1 g/mol. The summed E-state index contributed by atoms with van der Waals surface area (Å²) in [4.78, 5) is 0. The molecule has 0 saturated heterocycles. The van der Waals surface area contributed by atoms with Crippen LogP contribution >= 0.6 is 0 Å². The summed E-state index contributed by atoms with van der Waals surface area (Å²) in [6.07, 6.45) is 0. The van der Waals surface area contributed by atoms with Crippen LogP contribution in [0.1, 0.15) is 0 Å². The van der Waals surface area contributed by atoms with Gasteiger partial charge in [-0.05, 0) is 6.92 Å². The number of hydrogen-bond acceptors (Lipinski definition) is 2. The number of hydrogen-bond donors (Lipinski definition) is 2. The van der Waals surface area contributed by atoms with Crippen molar-refractivity contribution < 1.29 is 5.11 Å². The molecular formula is C3H8NO. The van der Waals surface area contributed by atoms with Crippen LogP contribution in [0.15, 0.2) is 0 Å². The van der Waals surface area contributed by atoms with Gasteiger partial charge in [-0.25, -0.2) is 0 Å². The summed E-state index contributed by atoms with van der Waals surface area (Å²) >= 11 is 0. The van der Waals surface area contributed by atoms with E-state index in [1.54, 1.807) is 0 Å². The number of aliphatic hydroxyl groups excluding tert-OH is 1. The Morgan fingerprint density at radius 1 is 2.00 bits per heavy atom. The number of rotatable bonds is 1. The van der Waals surface area contributed by atoms with Gasteiger partial charge in [-0.15, -0.1) is 0 Å². The molecule has 0 aromatic rings. The van der Waals surface area contributed by atoms with Gasteiger partial charge in [-0.2, -0.15) is 0 Å². The summed E-state index contributed by atoms with van der Waals surface area (Å²) in [5.74, 6) is 0. The normalized spacial score (nSPS) is 15.0. The van der Waals surface area contributed by atoms with Gasteiger partial charge in [0.2, 0.25) is 0 Å². The van der Waals surface area contributed by atoms with E-state index in [9.17, 15) is 0 Å². The largest absolute Gasteiger partial charge is 0.395 e. The Morgan fingerprint density at radius 3 is 2.20 bits per heavy atom. The topological polar surface area (TPSA) is 46.2 Å². The van der Waals surface area contributed by atoms with Crippen LogP contribution in [-0.2, 0) is 0 Å². The van der Waals surface area contributed by atoms with Gasteiger partial charge in [0.05, 0.1) is 6.61 Å². The van der Waals surface area contributed by atoms with E-state index in [0.29, 0.717) is 0 Å². The highest BCUT2D eigenvalue weighted by molar-refractivity contribution is 4.57. The maximum Gasteiger partial charge on any atom is 0.0582 e. The highest BCUT2D eigenvalue weighted by atomic mass is 16.3. The van der Waals surface area contributed by atoms with Crippen molar-refractivity contribution >= 4 is 0 Å². The van der Waals surface area contributed by atoms with Crippen LogP contribution in [0.25, 0.3) is 0 Å². The van der Waals surface area contributed by atoms with E-state index >= 15 is 0 Å². The van der Waals surface area contributed by atoms with E-state index < -0.39 is 0 Å². The molecule has 31 valence electrons. The molecule has 0 heterocycles. The lowest BCUT2D eigenvalue weighted by atomic mass is 10.4. The first-order valence-electron chi connectivity index (χ1n) is 1.47. The smallest absolute Gasteiger partial charge is 0.0582 e. The standard InChI is InChI=1S/C3H8NO/c1-3(4)2-5/h3,5H,1-2,4H2/t3-/m1/s1. The van der Waals surface area contributed by atoms with Crippen LogP contribution < -0.4 is 5.73 Å². The van der Waals surface area contributed by atoms with E-state index in [0.717, 1.165) is 0 Å². The van der Waals surface area contributed by atoms with E-state index in [4.69, 9.17) is 10.8 Å². The van der Waals surface area contributed by atoms with Crippen molar-refractivity contribution in [3.63, 3.8) is 0 Å². The highest BCUT2D eigenvalue weighted by Gasteiger charge is 1.81. The Bertz CT molecular complexity index is 20.9. The molecule has 1 atom stereocenters. The van der Waals surface area contributed by atoms with Gasteiger partial charge < -0.3 is 10.8 Å². The molecule has 0 spiro atoms. The second-order valence-electron chi connectivity index (χ2n) is 0.943. The van der Waals surface area contributed by atoms with E-state index in [-0.39, 0.29) is 12.6 Å². The van der Waals surface area contributed by atoms with Crippen LogP contribution in [0.4, 0.5) is 0 Å². The zero-order chi connectivity index (χ0) is 4.28. The van der Waals surface area contributed by atoms with E-state index in [2.05, 4.69) is 6.92 Å². The average Bonchev–Trinajstić information content (AvgIpc) is 1.38. The Balaban J connectivity index is 2.54. The van der Waals surface area contributed by atoms with Gasteiger partial charge in [0.15, 0.2) is 0 Å². The van der Waals surface area contributed by atoms with Gasteiger partial charge in [0.1, 0.15) is 0 Å². The predicted molar refractivity (Wildman–Crippen MR) is 20.4 cm³/mol. The Hall–Kier alpha value is -0.0800. The lowest BCUT2D eigenvalue weighted by Crippen LogP contribution is -2.19. The van der Waals surface area contributed by atoms with Gasteiger partial charge >= 0.3 is 0 Å².